The highest BCUT2D eigenvalue weighted by Gasteiger charge is 2.12. The lowest BCUT2D eigenvalue weighted by atomic mass is 10.2. The van der Waals surface area contributed by atoms with E-state index in [-0.39, 0.29) is 5.91 Å². The minimum atomic E-state index is -0.248. The lowest BCUT2D eigenvalue weighted by Crippen LogP contribution is -2.25. The van der Waals surface area contributed by atoms with Crippen molar-refractivity contribution >= 4 is 17.5 Å². The summed E-state index contributed by atoms with van der Waals surface area (Å²) >= 11 is 5.97. The van der Waals surface area contributed by atoms with Crippen LogP contribution in [0.3, 0.4) is 0 Å². The van der Waals surface area contributed by atoms with Crippen molar-refractivity contribution in [3.63, 3.8) is 0 Å². The van der Waals surface area contributed by atoms with E-state index in [0.29, 0.717) is 46.8 Å². The van der Waals surface area contributed by atoms with E-state index in [1.165, 1.54) is 14.2 Å². The highest BCUT2D eigenvalue weighted by atomic mass is 35.5. The molecule has 0 saturated carbocycles. The third-order valence-corrected chi connectivity index (χ3v) is 4.02. The van der Waals surface area contributed by atoms with E-state index in [0.717, 1.165) is 5.56 Å². The lowest BCUT2D eigenvalue weighted by Gasteiger charge is -2.08. The van der Waals surface area contributed by atoms with Crippen LogP contribution >= 0.6 is 11.6 Å². The number of nitrogens with zero attached hydrogens (tertiary/aromatic N) is 2. The van der Waals surface area contributed by atoms with Gasteiger partial charge in [0.05, 0.1) is 14.2 Å². The Labute approximate surface area is 161 Å². The Balaban J connectivity index is 1.59. The molecule has 0 aliphatic heterocycles. The van der Waals surface area contributed by atoms with E-state index < -0.39 is 0 Å². The van der Waals surface area contributed by atoms with Crippen LogP contribution in [0.25, 0.3) is 11.4 Å². The van der Waals surface area contributed by atoms with E-state index in [2.05, 4.69) is 15.5 Å². The number of aromatic nitrogens is 2. The molecule has 7 nitrogen and oxygen atoms in total. The molecule has 27 heavy (non-hydrogen) atoms. The summed E-state index contributed by atoms with van der Waals surface area (Å²) in [5.41, 5.74) is 1.21. The maximum Gasteiger partial charge on any atom is 0.251 e. The fourth-order valence-corrected chi connectivity index (χ4v) is 2.62. The number of ether oxygens (including phenoxy) is 2. The minimum absolute atomic E-state index is 0.248. The van der Waals surface area contributed by atoms with Crippen LogP contribution in [-0.2, 0) is 6.42 Å². The van der Waals surface area contributed by atoms with Gasteiger partial charge in [0.1, 0.15) is 11.5 Å². The topological polar surface area (TPSA) is 86.5 Å². The predicted molar refractivity (Wildman–Crippen MR) is 100 cm³/mol. The molecule has 0 aliphatic rings. The largest absolute Gasteiger partial charge is 0.497 e. The second kappa shape index (κ2) is 8.55. The van der Waals surface area contributed by atoms with Gasteiger partial charge in [-0.2, -0.15) is 4.98 Å². The second-order valence-electron chi connectivity index (χ2n) is 5.63. The van der Waals surface area contributed by atoms with E-state index in [1.54, 1.807) is 30.3 Å². The fraction of sp³-hybridized carbons (Fsp3) is 0.211. The molecule has 0 bridgehead atoms. The van der Waals surface area contributed by atoms with Crippen LogP contribution in [0.1, 0.15) is 16.2 Å². The van der Waals surface area contributed by atoms with E-state index >= 15 is 0 Å². The molecule has 0 saturated heterocycles. The molecule has 3 rings (SSSR count). The average molecular weight is 388 g/mol. The molecule has 1 heterocycles. The summed E-state index contributed by atoms with van der Waals surface area (Å²) in [5, 5.41) is 7.34. The van der Waals surface area contributed by atoms with Crippen LogP contribution < -0.4 is 14.8 Å². The van der Waals surface area contributed by atoms with Gasteiger partial charge in [-0.05, 0) is 24.3 Å². The first-order valence-corrected chi connectivity index (χ1v) is 8.56. The molecule has 0 unspecified atom stereocenters. The van der Waals surface area contributed by atoms with E-state index in [1.807, 2.05) is 12.1 Å². The Morgan fingerprint density at radius 3 is 2.56 bits per heavy atom. The standard InChI is InChI=1S/C19H18ClN3O4/c1-25-15-9-13(10-16(11-15)26-2)19(24)21-7-6-17-22-18(23-27-17)12-4-3-5-14(20)8-12/h3-5,8-11H,6-7H2,1-2H3,(H,21,24). The summed E-state index contributed by atoms with van der Waals surface area (Å²) in [4.78, 5) is 16.7. The lowest BCUT2D eigenvalue weighted by molar-refractivity contribution is 0.0952. The molecular formula is C19H18ClN3O4. The molecule has 1 N–H and O–H groups in total. The van der Waals surface area contributed by atoms with Crippen molar-refractivity contribution in [2.75, 3.05) is 20.8 Å². The summed E-state index contributed by atoms with van der Waals surface area (Å²) in [6.45, 7) is 0.343. The van der Waals surface area contributed by atoms with E-state index in [9.17, 15) is 4.79 Å². The number of carbonyl (C=O) groups is 1. The number of rotatable bonds is 7. The van der Waals surface area contributed by atoms with Crippen molar-refractivity contribution in [3.05, 3.63) is 58.9 Å². The molecule has 0 atom stereocenters. The molecule has 0 radical (unpaired) electrons. The average Bonchev–Trinajstić information content (AvgIpc) is 3.16. The second-order valence-corrected chi connectivity index (χ2v) is 6.07. The van der Waals surface area contributed by atoms with Crippen molar-refractivity contribution in [1.29, 1.82) is 0 Å². The molecule has 8 heteroatoms. The number of methoxy groups -OCH3 is 2. The fourth-order valence-electron chi connectivity index (χ4n) is 2.42. The summed E-state index contributed by atoms with van der Waals surface area (Å²) in [7, 11) is 3.06. The maximum atomic E-state index is 12.3. The molecule has 3 aromatic rings. The number of halogens is 1. The first-order chi connectivity index (χ1) is 13.1. The van der Waals surface area contributed by atoms with Gasteiger partial charge < -0.3 is 19.3 Å². The Kier molecular flexibility index (Phi) is 5.93. The molecule has 140 valence electrons. The Morgan fingerprint density at radius 1 is 1.15 bits per heavy atom. The van der Waals surface area contributed by atoms with Gasteiger partial charge in [-0.3, -0.25) is 4.79 Å². The normalized spacial score (nSPS) is 10.5. The Bertz CT molecular complexity index is 920. The Morgan fingerprint density at radius 2 is 1.89 bits per heavy atom. The van der Waals surface area contributed by atoms with Crippen LogP contribution in [0.15, 0.2) is 47.0 Å². The van der Waals surface area contributed by atoms with Crippen molar-refractivity contribution in [1.82, 2.24) is 15.5 Å². The van der Waals surface area contributed by atoms with Gasteiger partial charge in [0.25, 0.3) is 5.91 Å². The highest BCUT2D eigenvalue weighted by molar-refractivity contribution is 6.30. The zero-order chi connectivity index (χ0) is 19.2. The summed E-state index contributed by atoms with van der Waals surface area (Å²) in [5.74, 6) is 1.72. The van der Waals surface area contributed by atoms with Gasteiger partial charge in [0, 0.05) is 35.2 Å². The Hall–Kier alpha value is -3.06. The number of hydrogen-bond donors (Lipinski definition) is 1. The van der Waals surface area contributed by atoms with Gasteiger partial charge in [0.15, 0.2) is 0 Å². The van der Waals surface area contributed by atoms with Crippen molar-refractivity contribution in [3.8, 4) is 22.9 Å². The van der Waals surface area contributed by atoms with Gasteiger partial charge in [-0.15, -0.1) is 0 Å². The predicted octanol–water partition coefficient (Wildman–Crippen LogP) is 3.38. The van der Waals surface area contributed by atoms with Gasteiger partial charge in [-0.25, -0.2) is 0 Å². The molecule has 2 aromatic carbocycles. The zero-order valence-corrected chi connectivity index (χ0v) is 15.6. The SMILES string of the molecule is COc1cc(OC)cc(C(=O)NCCc2nc(-c3cccc(Cl)c3)no2)c1. The monoisotopic (exact) mass is 387 g/mol. The number of nitrogens with one attached hydrogen (secondary N) is 1. The first-order valence-electron chi connectivity index (χ1n) is 8.19. The maximum absolute atomic E-state index is 12.3. The zero-order valence-electron chi connectivity index (χ0n) is 14.9. The van der Waals surface area contributed by atoms with E-state index in [4.69, 9.17) is 25.6 Å². The van der Waals surface area contributed by atoms with Crippen molar-refractivity contribution in [2.24, 2.45) is 0 Å². The molecular weight excluding hydrogens is 370 g/mol. The minimum Gasteiger partial charge on any atom is -0.497 e. The summed E-state index contributed by atoms with van der Waals surface area (Å²) in [6, 6.07) is 12.2. The van der Waals surface area contributed by atoms with Crippen LogP contribution in [0.5, 0.6) is 11.5 Å². The number of amides is 1. The summed E-state index contributed by atoms with van der Waals surface area (Å²) < 4.78 is 15.6. The quantitative estimate of drug-likeness (QED) is 0.668. The third-order valence-electron chi connectivity index (χ3n) is 3.79. The highest BCUT2D eigenvalue weighted by Crippen LogP contribution is 2.22. The molecule has 1 aromatic heterocycles. The molecule has 0 spiro atoms. The number of hydrogen-bond acceptors (Lipinski definition) is 6. The van der Waals surface area contributed by atoms with Crippen LogP contribution in [0.2, 0.25) is 5.02 Å². The van der Waals surface area contributed by atoms with Gasteiger partial charge in [-0.1, -0.05) is 28.9 Å². The third kappa shape index (κ3) is 4.77. The number of carbonyl (C=O) groups excluding carboxylic acids is 1. The molecule has 1 amide bonds. The van der Waals surface area contributed by atoms with Gasteiger partial charge >= 0.3 is 0 Å². The van der Waals surface area contributed by atoms with Crippen LogP contribution in [0, 0.1) is 0 Å². The van der Waals surface area contributed by atoms with Crippen LogP contribution in [-0.4, -0.2) is 36.8 Å². The first kappa shape index (κ1) is 18.7. The molecule has 0 aliphatic carbocycles. The van der Waals surface area contributed by atoms with Crippen molar-refractivity contribution < 1.29 is 18.8 Å². The van der Waals surface area contributed by atoms with Crippen LogP contribution in [0.4, 0.5) is 0 Å². The molecule has 0 fully saturated rings. The summed E-state index contributed by atoms with van der Waals surface area (Å²) in [6.07, 6.45) is 0.403. The smallest absolute Gasteiger partial charge is 0.251 e. The number of benzene rings is 2. The van der Waals surface area contributed by atoms with Crippen molar-refractivity contribution in [2.45, 2.75) is 6.42 Å². The van der Waals surface area contributed by atoms with Gasteiger partial charge in [0.2, 0.25) is 11.7 Å².